The lowest BCUT2D eigenvalue weighted by molar-refractivity contribution is -0.148. The zero-order valence-electron chi connectivity index (χ0n) is 12.5. The van der Waals surface area contributed by atoms with Gasteiger partial charge < -0.3 is 10.1 Å². The number of rotatable bonds is 5. The molecular weight excluding hydrogens is 361 g/mol. The first-order chi connectivity index (χ1) is 11.0. The predicted octanol–water partition coefficient (Wildman–Crippen LogP) is 5.10. The highest BCUT2D eigenvalue weighted by Gasteiger charge is 2.19. The molecule has 0 bridgehead atoms. The van der Waals surface area contributed by atoms with Gasteiger partial charge in [0, 0.05) is 11.4 Å². The van der Waals surface area contributed by atoms with E-state index in [2.05, 4.69) is 5.32 Å². The lowest BCUT2D eigenvalue weighted by atomic mass is 9.87. The molecule has 0 aromatic heterocycles. The zero-order chi connectivity index (χ0) is 16.8. The van der Waals surface area contributed by atoms with Crippen molar-refractivity contribution in [2.45, 2.75) is 38.5 Å². The van der Waals surface area contributed by atoms with Crippen LogP contribution in [0.15, 0.2) is 12.1 Å². The van der Waals surface area contributed by atoms with E-state index >= 15 is 0 Å². The number of hydrogen-bond donors (Lipinski definition) is 1. The van der Waals surface area contributed by atoms with Crippen LogP contribution in [0.4, 0.5) is 5.69 Å². The van der Waals surface area contributed by atoms with Gasteiger partial charge in [0.1, 0.15) is 0 Å². The summed E-state index contributed by atoms with van der Waals surface area (Å²) in [6.45, 7) is -0.360. The van der Waals surface area contributed by atoms with Crippen molar-refractivity contribution in [2.24, 2.45) is 5.92 Å². The third-order valence-corrected chi connectivity index (χ3v) is 4.63. The van der Waals surface area contributed by atoms with E-state index in [1.165, 1.54) is 18.6 Å². The van der Waals surface area contributed by atoms with Crippen LogP contribution < -0.4 is 5.32 Å². The summed E-state index contributed by atoms with van der Waals surface area (Å²) in [6, 6.07) is 2.94. The number of hydrogen-bond acceptors (Lipinski definition) is 3. The third kappa shape index (κ3) is 5.87. The van der Waals surface area contributed by atoms with E-state index in [1.807, 2.05) is 0 Å². The van der Waals surface area contributed by atoms with E-state index in [0.29, 0.717) is 17.4 Å². The fraction of sp³-hybridized carbons (Fsp3) is 0.500. The molecule has 1 aromatic rings. The molecule has 0 aliphatic heterocycles. The summed E-state index contributed by atoms with van der Waals surface area (Å²) in [5.74, 6) is -0.465. The van der Waals surface area contributed by atoms with Gasteiger partial charge >= 0.3 is 5.97 Å². The maximum atomic E-state index is 11.9. The van der Waals surface area contributed by atoms with Crippen molar-refractivity contribution >= 4 is 52.4 Å². The van der Waals surface area contributed by atoms with E-state index in [-0.39, 0.29) is 28.3 Å². The summed E-state index contributed by atoms with van der Waals surface area (Å²) in [5, 5.41) is 3.35. The first-order valence-corrected chi connectivity index (χ1v) is 8.69. The minimum Gasteiger partial charge on any atom is -0.456 e. The largest absolute Gasteiger partial charge is 0.456 e. The highest BCUT2D eigenvalue weighted by atomic mass is 35.5. The van der Waals surface area contributed by atoms with Crippen molar-refractivity contribution in [1.29, 1.82) is 0 Å². The Hall–Kier alpha value is -0.970. The van der Waals surface area contributed by atoms with Gasteiger partial charge in [0.15, 0.2) is 6.61 Å². The Morgan fingerprint density at radius 2 is 1.70 bits per heavy atom. The van der Waals surface area contributed by atoms with Crippen molar-refractivity contribution in [3.63, 3.8) is 0 Å². The average molecular weight is 379 g/mol. The van der Waals surface area contributed by atoms with Gasteiger partial charge in [-0.3, -0.25) is 9.59 Å². The lowest BCUT2D eigenvalue weighted by Gasteiger charge is -2.20. The van der Waals surface area contributed by atoms with Crippen molar-refractivity contribution in [2.75, 3.05) is 11.9 Å². The molecule has 126 valence electrons. The molecule has 7 heteroatoms. The van der Waals surface area contributed by atoms with Gasteiger partial charge in [-0.05, 0) is 30.9 Å². The number of benzene rings is 1. The Morgan fingerprint density at radius 1 is 1.09 bits per heavy atom. The van der Waals surface area contributed by atoms with Gasteiger partial charge in [0.2, 0.25) is 0 Å². The molecule has 0 saturated heterocycles. The fourth-order valence-electron chi connectivity index (χ4n) is 2.67. The van der Waals surface area contributed by atoms with Crippen LogP contribution in [-0.2, 0) is 14.3 Å². The second-order valence-corrected chi connectivity index (χ2v) is 6.91. The molecule has 1 fully saturated rings. The lowest BCUT2D eigenvalue weighted by Crippen LogP contribution is -2.22. The maximum absolute atomic E-state index is 11.9. The van der Waals surface area contributed by atoms with Crippen LogP contribution in [0, 0.1) is 5.92 Å². The summed E-state index contributed by atoms with van der Waals surface area (Å²) in [4.78, 5) is 23.6. The van der Waals surface area contributed by atoms with Gasteiger partial charge in [0.25, 0.3) is 5.91 Å². The number of esters is 1. The summed E-state index contributed by atoms with van der Waals surface area (Å²) in [6.07, 6.45) is 6.03. The second-order valence-electron chi connectivity index (χ2n) is 5.66. The number of anilines is 1. The van der Waals surface area contributed by atoms with Crippen molar-refractivity contribution < 1.29 is 14.3 Å². The normalized spacial score (nSPS) is 15.3. The van der Waals surface area contributed by atoms with Crippen LogP contribution in [0.1, 0.15) is 38.5 Å². The van der Waals surface area contributed by atoms with Crippen LogP contribution >= 0.6 is 34.8 Å². The minimum absolute atomic E-state index is 0.226. The number of nitrogens with one attached hydrogen (secondary N) is 1. The molecule has 23 heavy (non-hydrogen) atoms. The van der Waals surface area contributed by atoms with Gasteiger partial charge in [-0.25, -0.2) is 0 Å². The highest BCUT2D eigenvalue weighted by molar-refractivity contribution is 6.42. The topological polar surface area (TPSA) is 55.4 Å². The number of carbonyl (C=O) groups is 2. The molecular formula is C16H18Cl3NO3. The third-order valence-electron chi connectivity index (χ3n) is 3.82. The highest BCUT2D eigenvalue weighted by Crippen LogP contribution is 2.33. The summed E-state index contributed by atoms with van der Waals surface area (Å²) in [7, 11) is 0. The van der Waals surface area contributed by atoms with E-state index in [1.54, 1.807) is 0 Å². The Bertz CT molecular complexity index is 563. The quantitative estimate of drug-likeness (QED) is 0.725. The molecule has 1 N–H and O–H groups in total. The molecule has 0 heterocycles. The molecule has 1 amide bonds. The number of ether oxygens (including phenoxy) is 1. The Balaban J connectivity index is 1.80. The molecule has 1 aliphatic carbocycles. The molecule has 4 nitrogen and oxygen atoms in total. The van der Waals surface area contributed by atoms with E-state index in [4.69, 9.17) is 39.5 Å². The van der Waals surface area contributed by atoms with Gasteiger partial charge in [-0.1, -0.05) is 54.1 Å². The fourth-order valence-corrected chi connectivity index (χ4v) is 3.58. The molecule has 1 aromatic carbocycles. The monoisotopic (exact) mass is 377 g/mol. The van der Waals surface area contributed by atoms with Crippen LogP contribution in [0.2, 0.25) is 15.1 Å². The Labute approximate surface area is 150 Å². The van der Waals surface area contributed by atoms with Crippen molar-refractivity contribution in [3.05, 3.63) is 27.2 Å². The maximum Gasteiger partial charge on any atom is 0.306 e. The van der Waals surface area contributed by atoms with Crippen molar-refractivity contribution in [1.82, 2.24) is 0 Å². The second kappa shape index (κ2) is 8.76. The predicted molar refractivity (Wildman–Crippen MR) is 92.3 cm³/mol. The summed E-state index contributed by atoms with van der Waals surface area (Å²) in [5.41, 5.74) is 0.256. The smallest absolute Gasteiger partial charge is 0.306 e. The molecule has 0 spiro atoms. The number of halogens is 3. The van der Waals surface area contributed by atoms with Crippen LogP contribution in [0.3, 0.4) is 0 Å². The molecule has 1 saturated carbocycles. The van der Waals surface area contributed by atoms with Gasteiger partial charge in [-0.15, -0.1) is 0 Å². The van der Waals surface area contributed by atoms with Crippen LogP contribution in [0.25, 0.3) is 0 Å². The standard InChI is InChI=1S/C16H18Cl3NO3/c17-11-7-12(18)16(13(19)8-11)20-14(21)9-23-15(22)6-10-4-2-1-3-5-10/h7-8,10H,1-6,9H2,(H,20,21). The van der Waals surface area contributed by atoms with Gasteiger partial charge in [-0.2, -0.15) is 0 Å². The van der Waals surface area contributed by atoms with E-state index < -0.39 is 5.91 Å². The molecule has 0 radical (unpaired) electrons. The first-order valence-electron chi connectivity index (χ1n) is 7.55. The van der Waals surface area contributed by atoms with Crippen molar-refractivity contribution in [3.8, 4) is 0 Å². The minimum atomic E-state index is -0.492. The van der Waals surface area contributed by atoms with E-state index in [0.717, 1.165) is 25.7 Å². The molecule has 0 unspecified atom stereocenters. The molecule has 0 atom stereocenters. The summed E-state index contributed by atoms with van der Waals surface area (Å²) < 4.78 is 5.02. The molecule has 2 rings (SSSR count). The summed E-state index contributed by atoms with van der Waals surface area (Å²) >= 11 is 17.8. The van der Waals surface area contributed by atoms with E-state index in [9.17, 15) is 9.59 Å². The van der Waals surface area contributed by atoms with Crippen LogP contribution in [0.5, 0.6) is 0 Å². The number of amides is 1. The SMILES string of the molecule is O=C(COC(=O)CC1CCCCC1)Nc1c(Cl)cc(Cl)cc1Cl. The number of carbonyl (C=O) groups excluding carboxylic acids is 2. The zero-order valence-corrected chi connectivity index (χ0v) is 14.8. The Kier molecular flexibility index (Phi) is 7.00. The average Bonchev–Trinajstić information content (AvgIpc) is 2.50. The van der Waals surface area contributed by atoms with Gasteiger partial charge in [0.05, 0.1) is 15.7 Å². The first kappa shape index (κ1) is 18.4. The Morgan fingerprint density at radius 3 is 2.30 bits per heavy atom. The van der Waals surface area contributed by atoms with Crippen LogP contribution in [-0.4, -0.2) is 18.5 Å². The molecule has 1 aliphatic rings.